The van der Waals surface area contributed by atoms with Gasteiger partial charge in [0.05, 0.1) is 24.3 Å². The number of fused-ring (bicyclic) bond motifs is 1. The molecule has 0 radical (unpaired) electrons. The molecule has 0 bridgehead atoms. The van der Waals surface area contributed by atoms with E-state index in [4.69, 9.17) is 9.72 Å². The lowest BCUT2D eigenvalue weighted by molar-refractivity contribution is 0.416. The van der Waals surface area contributed by atoms with Crippen molar-refractivity contribution in [1.29, 1.82) is 0 Å². The van der Waals surface area contributed by atoms with Gasteiger partial charge in [0.2, 0.25) is 0 Å². The van der Waals surface area contributed by atoms with Crippen LogP contribution in [-0.2, 0) is 13.1 Å². The highest BCUT2D eigenvalue weighted by molar-refractivity contribution is 9.10. The highest BCUT2D eigenvalue weighted by Crippen LogP contribution is 2.38. The number of thiol groups is 1. The molecule has 0 aliphatic carbocycles. The Balaban J connectivity index is 1.89. The van der Waals surface area contributed by atoms with Crippen molar-refractivity contribution in [2.24, 2.45) is 0 Å². The van der Waals surface area contributed by atoms with E-state index in [2.05, 4.69) is 82.4 Å². The molecule has 4 rings (SSSR count). The first-order valence-electron chi connectivity index (χ1n) is 10.4. The van der Waals surface area contributed by atoms with E-state index < -0.39 is 0 Å². The molecule has 5 nitrogen and oxygen atoms in total. The van der Waals surface area contributed by atoms with Gasteiger partial charge in [0.25, 0.3) is 0 Å². The molecular weight excluding hydrogens is 472 g/mol. The van der Waals surface area contributed by atoms with Gasteiger partial charge in [0.1, 0.15) is 22.6 Å². The molecule has 0 aliphatic heterocycles. The molecule has 0 atom stereocenters. The first-order chi connectivity index (χ1) is 14.9. The van der Waals surface area contributed by atoms with Crippen molar-refractivity contribution >= 4 is 39.6 Å². The number of hydrogen-bond donors (Lipinski definition) is 1. The van der Waals surface area contributed by atoms with Gasteiger partial charge in [-0.05, 0) is 51.5 Å². The number of hydrogen-bond acceptors (Lipinski definition) is 4. The number of benzene rings is 2. The molecule has 0 spiro atoms. The summed E-state index contributed by atoms with van der Waals surface area (Å²) in [6.45, 7) is 7.82. The molecule has 162 valence electrons. The maximum Gasteiger partial charge on any atom is 0.145 e. The van der Waals surface area contributed by atoms with E-state index >= 15 is 0 Å². The zero-order valence-corrected chi connectivity index (χ0v) is 20.7. The van der Waals surface area contributed by atoms with Gasteiger partial charge in [-0.25, -0.2) is 4.98 Å². The summed E-state index contributed by atoms with van der Waals surface area (Å²) in [5.74, 6) is 2.92. The SMILES string of the molecule is COc1cc(Cn2cc(C)cn2)c(Br)c2nc(-c3ccc(C(C)C)cc3)n(CCS)c12. The van der Waals surface area contributed by atoms with Gasteiger partial charge in [0.15, 0.2) is 0 Å². The normalized spacial score (nSPS) is 11.6. The van der Waals surface area contributed by atoms with Crippen molar-refractivity contribution in [2.45, 2.75) is 39.8 Å². The maximum atomic E-state index is 5.82. The minimum Gasteiger partial charge on any atom is -0.494 e. The smallest absolute Gasteiger partial charge is 0.145 e. The number of halogens is 1. The summed E-state index contributed by atoms with van der Waals surface area (Å²) in [6.07, 6.45) is 3.90. The van der Waals surface area contributed by atoms with E-state index in [-0.39, 0.29) is 0 Å². The monoisotopic (exact) mass is 498 g/mol. The molecule has 0 saturated heterocycles. The second-order valence-corrected chi connectivity index (χ2v) is 9.29. The van der Waals surface area contributed by atoms with Crippen molar-refractivity contribution < 1.29 is 4.74 Å². The number of aromatic nitrogens is 4. The summed E-state index contributed by atoms with van der Waals surface area (Å²) >= 11 is 8.32. The summed E-state index contributed by atoms with van der Waals surface area (Å²) in [5, 5.41) is 4.43. The van der Waals surface area contributed by atoms with Crippen molar-refractivity contribution in [2.75, 3.05) is 12.9 Å². The fourth-order valence-corrected chi connectivity index (χ4v) is 4.57. The zero-order chi connectivity index (χ0) is 22.1. The Morgan fingerprint density at radius 2 is 1.94 bits per heavy atom. The molecule has 31 heavy (non-hydrogen) atoms. The standard InChI is InChI=1S/C24H27BrN4OS/c1-15(2)17-5-7-18(8-6-17)24-27-22-21(25)19(14-28-13-16(3)12-26-28)11-20(30-4)23(22)29(24)9-10-31/h5-8,11-13,15,31H,9-10,14H2,1-4H3. The highest BCUT2D eigenvalue weighted by Gasteiger charge is 2.21. The van der Waals surface area contributed by atoms with Crippen LogP contribution in [0.4, 0.5) is 0 Å². The third kappa shape index (κ3) is 4.26. The lowest BCUT2D eigenvalue weighted by Gasteiger charge is -2.13. The van der Waals surface area contributed by atoms with E-state index in [1.807, 2.05) is 24.0 Å². The van der Waals surface area contributed by atoms with Gasteiger partial charge in [-0.15, -0.1) is 0 Å². The van der Waals surface area contributed by atoms with Crippen LogP contribution >= 0.6 is 28.6 Å². The Labute approximate surface area is 197 Å². The summed E-state index contributed by atoms with van der Waals surface area (Å²) in [6, 6.07) is 10.7. The molecule has 0 unspecified atom stereocenters. The lowest BCUT2D eigenvalue weighted by atomic mass is 10.0. The number of nitrogens with zero attached hydrogens (tertiary/aromatic N) is 4. The Morgan fingerprint density at radius 1 is 1.19 bits per heavy atom. The molecule has 7 heteroatoms. The number of methoxy groups -OCH3 is 1. The van der Waals surface area contributed by atoms with Crippen LogP contribution in [0.25, 0.3) is 22.4 Å². The van der Waals surface area contributed by atoms with Crippen LogP contribution in [0.1, 0.15) is 36.5 Å². The first kappa shape index (κ1) is 22.0. The molecule has 0 amide bonds. The molecule has 0 aliphatic rings. The fourth-order valence-electron chi connectivity index (χ4n) is 3.85. The maximum absolute atomic E-state index is 5.82. The van der Waals surface area contributed by atoms with E-state index in [0.29, 0.717) is 18.2 Å². The number of imidazole rings is 1. The third-order valence-corrected chi connectivity index (χ3v) is 6.55. The van der Waals surface area contributed by atoms with Crippen molar-refractivity contribution in [3.8, 4) is 17.1 Å². The van der Waals surface area contributed by atoms with Crippen LogP contribution in [0.2, 0.25) is 0 Å². The highest BCUT2D eigenvalue weighted by atomic mass is 79.9. The van der Waals surface area contributed by atoms with Gasteiger partial charge in [0, 0.05) is 24.1 Å². The predicted octanol–water partition coefficient (Wildman–Crippen LogP) is 6.08. The summed E-state index contributed by atoms with van der Waals surface area (Å²) in [7, 11) is 1.71. The molecule has 4 aromatic rings. The molecule has 2 aromatic heterocycles. The quantitative estimate of drug-likeness (QED) is 0.314. The van der Waals surface area contributed by atoms with Gasteiger partial charge in [-0.2, -0.15) is 17.7 Å². The minimum atomic E-state index is 0.494. The van der Waals surface area contributed by atoms with Crippen molar-refractivity contribution in [1.82, 2.24) is 19.3 Å². The van der Waals surface area contributed by atoms with Gasteiger partial charge in [-0.3, -0.25) is 4.68 Å². The van der Waals surface area contributed by atoms with Crippen LogP contribution in [0.5, 0.6) is 5.75 Å². The molecule has 2 heterocycles. The van der Waals surface area contributed by atoms with E-state index in [1.54, 1.807) is 7.11 Å². The Morgan fingerprint density at radius 3 is 2.52 bits per heavy atom. The lowest BCUT2D eigenvalue weighted by Crippen LogP contribution is -2.05. The zero-order valence-electron chi connectivity index (χ0n) is 18.3. The topological polar surface area (TPSA) is 44.9 Å². The number of rotatable bonds is 7. The largest absolute Gasteiger partial charge is 0.494 e. The Hall–Kier alpha value is -2.25. The molecule has 0 N–H and O–H groups in total. The van der Waals surface area contributed by atoms with E-state index in [9.17, 15) is 0 Å². The predicted molar refractivity (Wildman–Crippen MR) is 133 cm³/mol. The van der Waals surface area contributed by atoms with Crippen LogP contribution in [0.3, 0.4) is 0 Å². The van der Waals surface area contributed by atoms with E-state index in [1.165, 1.54) is 5.56 Å². The molecule has 2 aromatic carbocycles. The Bertz CT molecular complexity index is 1210. The number of ether oxygens (including phenoxy) is 1. The van der Waals surface area contributed by atoms with Crippen molar-refractivity contribution in [3.05, 3.63) is 63.9 Å². The van der Waals surface area contributed by atoms with Gasteiger partial charge < -0.3 is 9.30 Å². The fraction of sp³-hybridized carbons (Fsp3) is 0.333. The van der Waals surface area contributed by atoms with Crippen LogP contribution in [0.15, 0.2) is 47.2 Å². The van der Waals surface area contributed by atoms with Gasteiger partial charge >= 0.3 is 0 Å². The van der Waals surface area contributed by atoms with Crippen LogP contribution in [-0.4, -0.2) is 32.2 Å². The van der Waals surface area contributed by atoms with Crippen LogP contribution < -0.4 is 4.74 Å². The van der Waals surface area contributed by atoms with Gasteiger partial charge in [-0.1, -0.05) is 38.1 Å². The second-order valence-electron chi connectivity index (χ2n) is 8.05. The summed E-state index contributed by atoms with van der Waals surface area (Å²) in [5.41, 5.74) is 6.48. The van der Waals surface area contributed by atoms with Crippen LogP contribution in [0, 0.1) is 6.92 Å². The third-order valence-electron chi connectivity index (χ3n) is 5.47. The summed E-state index contributed by atoms with van der Waals surface area (Å²) < 4.78 is 10.9. The average Bonchev–Trinajstić information content (AvgIpc) is 3.34. The minimum absolute atomic E-state index is 0.494. The van der Waals surface area contributed by atoms with Crippen molar-refractivity contribution in [3.63, 3.8) is 0 Å². The van der Waals surface area contributed by atoms with E-state index in [0.717, 1.165) is 50.3 Å². The Kier molecular flexibility index (Phi) is 6.44. The first-order valence-corrected chi connectivity index (χ1v) is 11.8. The molecular formula is C24H27BrN4OS. The average molecular weight is 499 g/mol. The molecule has 0 saturated carbocycles. The second kappa shape index (κ2) is 9.09. The number of aryl methyl sites for hydroxylation is 2. The molecule has 0 fully saturated rings. The summed E-state index contributed by atoms with van der Waals surface area (Å²) in [4.78, 5) is 5.06.